The summed E-state index contributed by atoms with van der Waals surface area (Å²) in [5.74, 6) is 0.539. The normalized spacial score (nSPS) is 15.5. The van der Waals surface area contributed by atoms with Crippen molar-refractivity contribution in [3.63, 3.8) is 0 Å². The molecule has 170 valence electrons. The van der Waals surface area contributed by atoms with Crippen LogP contribution in [0.15, 0.2) is 23.8 Å². The monoisotopic (exact) mass is 464 g/mol. The number of hydrogen-bond donors (Lipinski definition) is 1. The zero-order valence-corrected chi connectivity index (χ0v) is 19.5. The molecule has 1 fully saturated rings. The van der Waals surface area contributed by atoms with E-state index in [2.05, 4.69) is 31.8 Å². The van der Waals surface area contributed by atoms with Gasteiger partial charge >= 0.3 is 0 Å². The first-order valence-electron chi connectivity index (χ1n) is 10.8. The highest BCUT2D eigenvalue weighted by Crippen LogP contribution is 2.34. The van der Waals surface area contributed by atoms with Gasteiger partial charge in [-0.2, -0.15) is 10.4 Å². The second kappa shape index (κ2) is 8.80. The molecule has 5 rings (SSSR count). The van der Waals surface area contributed by atoms with Crippen LogP contribution in [-0.2, 0) is 0 Å². The van der Waals surface area contributed by atoms with Crippen LogP contribution in [-0.4, -0.2) is 49.8 Å². The number of nitrogens with one attached hydrogen (secondary N) is 1. The maximum atomic E-state index is 9.60. The van der Waals surface area contributed by atoms with Gasteiger partial charge < -0.3 is 14.8 Å². The molecule has 0 bridgehead atoms. The summed E-state index contributed by atoms with van der Waals surface area (Å²) in [6, 6.07) is 4.44. The van der Waals surface area contributed by atoms with E-state index in [9.17, 15) is 5.26 Å². The Bertz CT molecular complexity index is 1330. The molecule has 1 atom stereocenters. The Hall–Kier alpha value is -3.49. The maximum Gasteiger partial charge on any atom is 0.273 e. The van der Waals surface area contributed by atoms with Gasteiger partial charge in [0.25, 0.3) is 5.19 Å². The van der Waals surface area contributed by atoms with Crippen LogP contribution in [0.5, 0.6) is 10.9 Å². The van der Waals surface area contributed by atoms with E-state index in [0.29, 0.717) is 28.1 Å². The van der Waals surface area contributed by atoms with Gasteiger partial charge in [0.1, 0.15) is 34.7 Å². The summed E-state index contributed by atoms with van der Waals surface area (Å²) in [6.07, 6.45) is 5.11. The van der Waals surface area contributed by atoms with E-state index in [-0.39, 0.29) is 6.10 Å². The molecule has 4 aromatic heterocycles. The number of piperidine rings is 1. The predicted molar refractivity (Wildman–Crippen MR) is 123 cm³/mol. The Kier molecular flexibility index (Phi) is 5.70. The largest absolute Gasteiger partial charge is 0.482 e. The van der Waals surface area contributed by atoms with Crippen molar-refractivity contribution in [2.75, 3.05) is 20.2 Å². The molecule has 1 unspecified atom stereocenters. The molecule has 1 saturated heterocycles. The molecule has 0 saturated carbocycles. The van der Waals surface area contributed by atoms with E-state index in [1.54, 1.807) is 17.8 Å². The van der Waals surface area contributed by atoms with Crippen molar-refractivity contribution in [2.24, 2.45) is 0 Å². The minimum atomic E-state index is -0.350. The van der Waals surface area contributed by atoms with Gasteiger partial charge in [-0.15, -0.1) is 5.10 Å². The molecule has 0 spiro atoms. The number of nitrogens with zero attached hydrogens (tertiary/aromatic N) is 7. The summed E-state index contributed by atoms with van der Waals surface area (Å²) in [5, 5.41) is 28.8. The van der Waals surface area contributed by atoms with Gasteiger partial charge in [-0.05, 0) is 45.8 Å². The number of rotatable bonds is 6. The van der Waals surface area contributed by atoms with Crippen LogP contribution in [0, 0.1) is 18.3 Å². The van der Waals surface area contributed by atoms with E-state index >= 15 is 0 Å². The SMILES string of the molecule is COc1nc(C(C)Oc2cc(-c3nnn(C4CCNCC4)c3C)cn3ncc(C#N)c23)cs1. The molecule has 4 aromatic rings. The molecule has 5 heterocycles. The van der Waals surface area contributed by atoms with Gasteiger partial charge in [-0.1, -0.05) is 16.6 Å². The van der Waals surface area contributed by atoms with Crippen LogP contribution in [0.4, 0.5) is 0 Å². The number of aromatic nitrogens is 6. The van der Waals surface area contributed by atoms with Crippen molar-refractivity contribution < 1.29 is 9.47 Å². The molecular formula is C22H24N8O2S. The highest BCUT2D eigenvalue weighted by atomic mass is 32.1. The van der Waals surface area contributed by atoms with Crippen LogP contribution < -0.4 is 14.8 Å². The Morgan fingerprint density at radius 1 is 1.33 bits per heavy atom. The van der Waals surface area contributed by atoms with Gasteiger partial charge in [-0.3, -0.25) is 0 Å². The molecule has 0 aromatic carbocycles. The van der Waals surface area contributed by atoms with E-state index in [1.807, 2.05) is 36.2 Å². The molecule has 0 amide bonds. The van der Waals surface area contributed by atoms with Crippen LogP contribution in [0.2, 0.25) is 0 Å². The highest BCUT2D eigenvalue weighted by molar-refractivity contribution is 7.11. The highest BCUT2D eigenvalue weighted by Gasteiger charge is 2.23. The van der Waals surface area contributed by atoms with Crippen molar-refractivity contribution in [2.45, 2.75) is 38.8 Å². The quantitative estimate of drug-likeness (QED) is 0.462. The lowest BCUT2D eigenvalue weighted by molar-refractivity contribution is 0.223. The van der Waals surface area contributed by atoms with E-state index in [4.69, 9.17) is 9.47 Å². The topological polar surface area (TPSA) is 115 Å². The zero-order valence-electron chi connectivity index (χ0n) is 18.6. The van der Waals surface area contributed by atoms with Gasteiger partial charge in [0.05, 0.1) is 30.7 Å². The van der Waals surface area contributed by atoms with Crippen LogP contribution in [0.3, 0.4) is 0 Å². The summed E-state index contributed by atoms with van der Waals surface area (Å²) in [6.45, 7) is 5.91. The Morgan fingerprint density at radius 2 is 2.15 bits per heavy atom. The molecule has 33 heavy (non-hydrogen) atoms. The number of ether oxygens (including phenoxy) is 2. The van der Waals surface area contributed by atoms with Crippen molar-refractivity contribution >= 4 is 16.9 Å². The van der Waals surface area contributed by atoms with Crippen molar-refractivity contribution in [1.82, 2.24) is 34.9 Å². The van der Waals surface area contributed by atoms with E-state index < -0.39 is 0 Å². The average Bonchev–Trinajstić information content (AvgIpc) is 3.57. The Labute approximate surface area is 194 Å². The first-order valence-corrected chi connectivity index (χ1v) is 11.7. The number of methoxy groups -OCH3 is 1. The third kappa shape index (κ3) is 3.92. The molecule has 1 aliphatic heterocycles. The second-order valence-corrected chi connectivity index (χ2v) is 8.83. The number of thiazole rings is 1. The van der Waals surface area contributed by atoms with Gasteiger partial charge in [0.15, 0.2) is 0 Å². The van der Waals surface area contributed by atoms with Crippen LogP contribution >= 0.6 is 11.3 Å². The number of pyridine rings is 1. The molecule has 0 radical (unpaired) electrons. The fourth-order valence-electron chi connectivity index (χ4n) is 4.19. The van der Waals surface area contributed by atoms with Crippen molar-refractivity contribution in [3.05, 3.63) is 40.8 Å². The zero-order chi connectivity index (χ0) is 22.9. The predicted octanol–water partition coefficient (Wildman–Crippen LogP) is 3.30. The molecule has 1 N–H and O–H groups in total. The first-order chi connectivity index (χ1) is 16.1. The third-order valence-electron chi connectivity index (χ3n) is 5.95. The van der Waals surface area contributed by atoms with Crippen molar-refractivity contribution in [1.29, 1.82) is 5.26 Å². The lowest BCUT2D eigenvalue weighted by Crippen LogP contribution is -2.30. The maximum absolute atomic E-state index is 9.60. The minimum absolute atomic E-state index is 0.335. The smallest absolute Gasteiger partial charge is 0.273 e. The number of fused-ring (bicyclic) bond motifs is 1. The summed E-state index contributed by atoms with van der Waals surface area (Å²) >= 11 is 1.41. The molecule has 0 aliphatic carbocycles. The van der Waals surface area contributed by atoms with E-state index in [0.717, 1.165) is 48.6 Å². The van der Waals surface area contributed by atoms with Gasteiger partial charge in [0.2, 0.25) is 0 Å². The second-order valence-electron chi connectivity index (χ2n) is 8.01. The van der Waals surface area contributed by atoms with Gasteiger partial charge in [0, 0.05) is 17.1 Å². The Balaban J connectivity index is 1.55. The molecule has 1 aliphatic rings. The van der Waals surface area contributed by atoms with Crippen LogP contribution in [0.25, 0.3) is 16.8 Å². The number of nitriles is 1. The third-order valence-corrected chi connectivity index (χ3v) is 6.77. The van der Waals surface area contributed by atoms with Crippen LogP contribution in [0.1, 0.15) is 48.9 Å². The fourth-order valence-corrected chi connectivity index (χ4v) is 4.91. The van der Waals surface area contributed by atoms with E-state index in [1.165, 1.54) is 11.3 Å². The molecule has 11 heteroatoms. The average molecular weight is 465 g/mol. The standard InChI is InChI=1S/C22H24N8O2S/c1-13-20(27-28-30(13)17-4-6-24-7-5-17)15-8-19(21-16(9-23)10-25-29(21)11-15)32-14(2)18-12-33-22(26-18)31-3/h8,10-12,14,17,24H,4-7H2,1-3H3. The lowest BCUT2D eigenvalue weighted by atomic mass is 10.1. The summed E-state index contributed by atoms with van der Waals surface area (Å²) in [4.78, 5) is 4.44. The van der Waals surface area contributed by atoms with Crippen molar-refractivity contribution in [3.8, 4) is 28.3 Å². The summed E-state index contributed by atoms with van der Waals surface area (Å²) in [7, 11) is 1.59. The molecular weight excluding hydrogens is 440 g/mol. The summed E-state index contributed by atoms with van der Waals surface area (Å²) < 4.78 is 15.2. The fraction of sp³-hybridized carbons (Fsp3) is 0.409. The first kappa shape index (κ1) is 21.4. The minimum Gasteiger partial charge on any atom is -0.482 e. The van der Waals surface area contributed by atoms with Gasteiger partial charge in [-0.25, -0.2) is 14.2 Å². The lowest BCUT2D eigenvalue weighted by Gasteiger charge is -2.23. The molecule has 10 nitrogen and oxygen atoms in total. The summed E-state index contributed by atoms with van der Waals surface area (Å²) in [5.41, 5.74) is 4.40. The Morgan fingerprint density at radius 3 is 2.88 bits per heavy atom. The number of hydrogen-bond acceptors (Lipinski definition) is 9.